The Hall–Kier alpha value is -2.13. The van der Waals surface area contributed by atoms with Crippen LogP contribution in [0.15, 0.2) is 18.2 Å². The van der Waals surface area contributed by atoms with Crippen LogP contribution < -0.4 is 10.6 Å². The first-order valence-electron chi connectivity index (χ1n) is 5.96. The van der Waals surface area contributed by atoms with E-state index in [1.165, 1.54) is 0 Å². The molecule has 22 heavy (non-hydrogen) atoms. The Morgan fingerprint density at radius 1 is 1.18 bits per heavy atom. The van der Waals surface area contributed by atoms with Crippen molar-refractivity contribution >= 4 is 17.5 Å². The smallest absolute Gasteiger partial charge is 0.427 e. The Labute approximate surface area is 120 Å². The number of anilines is 2. The first kappa shape index (κ1) is 16.2. The third-order valence-corrected chi connectivity index (χ3v) is 3.21. The first-order valence-corrected chi connectivity index (χ1v) is 5.96. The number of nitrogens with two attached hydrogens (primary N) is 1. The second-order valence-corrected chi connectivity index (χ2v) is 4.73. The van der Waals surface area contributed by atoms with Crippen molar-refractivity contribution < 1.29 is 35.9 Å². The molecule has 1 amide bonds. The van der Waals surface area contributed by atoms with Gasteiger partial charge in [-0.1, -0.05) is 0 Å². The van der Waals surface area contributed by atoms with Crippen LogP contribution in [0, 0.1) is 0 Å². The molecule has 1 aliphatic rings. The first-order chi connectivity index (χ1) is 9.93. The topological polar surface area (TPSA) is 55.6 Å². The number of nitrogens with zero attached hydrogens (tertiary/aromatic N) is 1. The van der Waals surface area contributed by atoms with Gasteiger partial charge in [0.15, 0.2) is 0 Å². The van der Waals surface area contributed by atoms with Gasteiger partial charge < -0.3 is 10.5 Å². The molecule has 2 atom stereocenters. The van der Waals surface area contributed by atoms with Crippen molar-refractivity contribution in [3.05, 3.63) is 23.8 Å². The number of hydrogen-bond acceptors (Lipinski definition) is 3. The molecule has 0 unspecified atom stereocenters. The van der Waals surface area contributed by atoms with Crippen LogP contribution in [0.5, 0.6) is 0 Å². The molecule has 1 aliphatic heterocycles. The molecule has 10 heteroatoms. The fourth-order valence-electron chi connectivity index (χ4n) is 2.17. The van der Waals surface area contributed by atoms with Crippen LogP contribution in [-0.2, 0) is 10.9 Å². The van der Waals surface area contributed by atoms with Gasteiger partial charge in [0.1, 0.15) is 0 Å². The largest absolute Gasteiger partial charge is 0.434 e. The lowest BCUT2D eigenvalue weighted by Gasteiger charge is -2.23. The lowest BCUT2D eigenvalue weighted by Crippen LogP contribution is -2.41. The molecule has 0 radical (unpaired) electrons. The van der Waals surface area contributed by atoms with E-state index >= 15 is 0 Å². The second kappa shape index (κ2) is 4.96. The van der Waals surface area contributed by atoms with Crippen molar-refractivity contribution in [2.75, 3.05) is 10.6 Å². The molecule has 1 aromatic carbocycles. The molecule has 2 rings (SSSR count). The molecule has 0 saturated carbocycles. The van der Waals surface area contributed by atoms with Crippen LogP contribution in [-0.4, -0.2) is 24.4 Å². The molecule has 122 valence electrons. The minimum absolute atomic E-state index is 0.266. The highest BCUT2D eigenvalue weighted by Gasteiger charge is 2.55. The van der Waals surface area contributed by atoms with E-state index in [2.05, 4.69) is 4.74 Å². The number of carbonyl (C=O) groups is 1. The highest BCUT2D eigenvalue weighted by molar-refractivity contribution is 5.94. The Bertz CT molecular complexity index is 598. The molecule has 4 nitrogen and oxygen atoms in total. The number of nitrogen functional groups attached to an aromatic ring is 1. The molecule has 1 saturated heterocycles. The maximum atomic E-state index is 12.7. The average molecular weight is 328 g/mol. The fourth-order valence-corrected chi connectivity index (χ4v) is 2.17. The maximum Gasteiger partial charge on any atom is 0.427 e. The third-order valence-electron chi connectivity index (χ3n) is 3.21. The fraction of sp³-hybridized carbons (Fsp3) is 0.417. The molecule has 0 aromatic heterocycles. The number of benzene rings is 1. The summed E-state index contributed by atoms with van der Waals surface area (Å²) in [5.41, 5.74) is 3.64. The number of cyclic esters (lactones) is 1. The Kier molecular flexibility index (Phi) is 3.66. The number of halogens is 6. The van der Waals surface area contributed by atoms with E-state index in [4.69, 9.17) is 5.73 Å². The molecular formula is C12H10F6N2O2. The minimum atomic E-state index is -4.79. The maximum absolute atomic E-state index is 12.7. The van der Waals surface area contributed by atoms with Gasteiger partial charge in [0, 0.05) is 0 Å². The normalized spacial score (nSPS) is 22.9. The molecule has 0 bridgehead atoms. The number of amides is 1. The van der Waals surface area contributed by atoms with E-state index in [1.807, 2.05) is 0 Å². The van der Waals surface area contributed by atoms with Crippen molar-refractivity contribution in [3.63, 3.8) is 0 Å². The van der Waals surface area contributed by atoms with Gasteiger partial charge in [-0.2, -0.15) is 26.3 Å². The SMILES string of the molecule is C[C@@H]1[C@H](C(F)(F)F)OC(=O)N1c1ccc(C(F)(F)F)cc1N. The number of hydrogen-bond donors (Lipinski definition) is 1. The van der Waals surface area contributed by atoms with E-state index in [-0.39, 0.29) is 5.69 Å². The van der Waals surface area contributed by atoms with Gasteiger partial charge in [-0.25, -0.2) is 4.79 Å². The summed E-state index contributed by atoms with van der Waals surface area (Å²) in [7, 11) is 0. The van der Waals surface area contributed by atoms with Crippen molar-refractivity contribution in [1.29, 1.82) is 0 Å². The summed E-state index contributed by atoms with van der Waals surface area (Å²) in [6.45, 7) is 1.07. The van der Waals surface area contributed by atoms with Crippen molar-refractivity contribution in [1.82, 2.24) is 0 Å². The summed E-state index contributed by atoms with van der Waals surface area (Å²) in [5.74, 6) is 0. The van der Waals surface area contributed by atoms with Crippen LogP contribution in [0.3, 0.4) is 0 Å². The second-order valence-electron chi connectivity index (χ2n) is 4.73. The zero-order valence-electron chi connectivity index (χ0n) is 11.0. The van der Waals surface area contributed by atoms with Crippen LogP contribution >= 0.6 is 0 Å². The summed E-state index contributed by atoms with van der Waals surface area (Å²) in [4.78, 5) is 12.2. The third kappa shape index (κ3) is 2.77. The Morgan fingerprint density at radius 2 is 1.77 bits per heavy atom. The van der Waals surface area contributed by atoms with E-state index in [9.17, 15) is 31.1 Å². The van der Waals surface area contributed by atoms with E-state index in [0.29, 0.717) is 17.0 Å². The van der Waals surface area contributed by atoms with Crippen molar-refractivity contribution in [2.45, 2.75) is 31.4 Å². The lowest BCUT2D eigenvalue weighted by atomic mass is 10.1. The number of alkyl halides is 6. The molecule has 1 heterocycles. The standard InChI is InChI=1S/C12H10F6N2O2/c1-5-9(12(16,17)18)22-10(21)20(5)8-3-2-6(4-7(8)19)11(13,14)15/h2-5,9H,19H2,1H3/t5-,9-/m1/s1. The predicted molar refractivity (Wildman–Crippen MR) is 64.1 cm³/mol. The number of carbonyl (C=O) groups excluding carboxylic acids is 1. The van der Waals surface area contributed by atoms with Gasteiger partial charge in [0.05, 0.1) is 23.0 Å². The summed E-state index contributed by atoms with van der Waals surface area (Å²) < 4.78 is 80.0. The molecule has 1 fully saturated rings. The zero-order chi connectivity index (χ0) is 16.9. The summed E-state index contributed by atoms with van der Waals surface area (Å²) in [6, 6.07) is 0.573. The number of rotatable bonds is 1. The van der Waals surface area contributed by atoms with Gasteiger partial charge in [-0.15, -0.1) is 0 Å². The van der Waals surface area contributed by atoms with Crippen molar-refractivity contribution in [2.24, 2.45) is 0 Å². The quantitative estimate of drug-likeness (QED) is 0.633. The summed E-state index contributed by atoms with van der Waals surface area (Å²) in [6.07, 6.45) is -13.1. The molecule has 2 N–H and O–H groups in total. The minimum Gasteiger partial charge on any atom is -0.434 e. The van der Waals surface area contributed by atoms with Gasteiger partial charge in [0.25, 0.3) is 0 Å². The highest BCUT2D eigenvalue weighted by Crippen LogP contribution is 2.39. The average Bonchev–Trinajstić information content (AvgIpc) is 2.64. The Morgan fingerprint density at radius 3 is 2.18 bits per heavy atom. The van der Waals surface area contributed by atoms with Crippen LogP contribution in [0.4, 0.5) is 42.5 Å². The van der Waals surface area contributed by atoms with Crippen LogP contribution in [0.2, 0.25) is 0 Å². The lowest BCUT2D eigenvalue weighted by molar-refractivity contribution is -0.198. The van der Waals surface area contributed by atoms with Gasteiger partial charge in [-0.3, -0.25) is 4.90 Å². The molecular weight excluding hydrogens is 318 g/mol. The molecule has 0 spiro atoms. The molecule has 0 aliphatic carbocycles. The summed E-state index contributed by atoms with van der Waals surface area (Å²) in [5, 5.41) is 0. The summed E-state index contributed by atoms with van der Waals surface area (Å²) >= 11 is 0. The van der Waals surface area contributed by atoms with E-state index in [1.54, 1.807) is 0 Å². The Balaban J connectivity index is 2.38. The van der Waals surface area contributed by atoms with Gasteiger partial charge >= 0.3 is 18.4 Å². The molecule has 1 aromatic rings. The highest BCUT2D eigenvalue weighted by atomic mass is 19.4. The van der Waals surface area contributed by atoms with Crippen molar-refractivity contribution in [3.8, 4) is 0 Å². The van der Waals surface area contributed by atoms with E-state index in [0.717, 1.165) is 13.0 Å². The predicted octanol–water partition coefficient (Wildman–Crippen LogP) is 3.56. The van der Waals surface area contributed by atoms with Crippen LogP contribution in [0.25, 0.3) is 0 Å². The van der Waals surface area contributed by atoms with E-state index < -0.39 is 41.8 Å². The zero-order valence-corrected chi connectivity index (χ0v) is 11.0. The van der Waals surface area contributed by atoms with Gasteiger partial charge in [0.2, 0.25) is 6.10 Å². The van der Waals surface area contributed by atoms with Gasteiger partial charge in [-0.05, 0) is 25.1 Å². The monoisotopic (exact) mass is 328 g/mol. The number of ether oxygens (including phenoxy) is 1. The van der Waals surface area contributed by atoms with Crippen LogP contribution in [0.1, 0.15) is 12.5 Å².